The molecule has 0 bridgehead atoms. The van der Waals surface area contributed by atoms with Gasteiger partial charge in [0.2, 0.25) is 0 Å². The molecule has 2 aromatic carbocycles. The van der Waals surface area contributed by atoms with E-state index in [1.807, 2.05) is 32.9 Å². The molecule has 1 aliphatic carbocycles. The Hall–Kier alpha value is -3.02. The van der Waals surface area contributed by atoms with Crippen molar-refractivity contribution in [2.75, 3.05) is 6.61 Å². The average Bonchev–Trinajstić information content (AvgIpc) is 3.08. The number of hydrogen-bond acceptors (Lipinski definition) is 3. The number of fused-ring (bicyclic) bond motifs is 1. The number of nitrogens with one attached hydrogen (secondary N) is 1. The molecule has 0 aromatic heterocycles. The molecule has 6 heteroatoms. The van der Waals surface area contributed by atoms with E-state index in [-0.39, 0.29) is 30.6 Å². The maximum absolute atomic E-state index is 14.3. The van der Waals surface area contributed by atoms with Crippen LogP contribution in [0.4, 0.5) is 8.78 Å². The largest absolute Gasteiger partial charge is 0.464 e. The summed E-state index contributed by atoms with van der Waals surface area (Å²) in [5, 5.41) is 2.76. The molecule has 1 amide bonds. The van der Waals surface area contributed by atoms with Gasteiger partial charge in [-0.05, 0) is 68.1 Å². The van der Waals surface area contributed by atoms with E-state index in [0.29, 0.717) is 5.56 Å². The van der Waals surface area contributed by atoms with Gasteiger partial charge in [-0.3, -0.25) is 4.79 Å². The van der Waals surface area contributed by atoms with Gasteiger partial charge in [0.1, 0.15) is 17.2 Å². The highest BCUT2D eigenvalue weighted by Crippen LogP contribution is 2.35. The molecular weight excluding hydrogens is 388 g/mol. The predicted molar refractivity (Wildman–Crippen MR) is 111 cm³/mol. The fourth-order valence-corrected chi connectivity index (χ4v) is 3.88. The van der Waals surface area contributed by atoms with Crippen LogP contribution in [-0.2, 0) is 22.4 Å². The van der Waals surface area contributed by atoms with Gasteiger partial charge < -0.3 is 10.1 Å². The maximum atomic E-state index is 14.3. The van der Waals surface area contributed by atoms with Gasteiger partial charge in [-0.25, -0.2) is 13.6 Å². The minimum Gasteiger partial charge on any atom is -0.464 e. The van der Waals surface area contributed by atoms with Gasteiger partial charge in [-0.1, -0.05) is 23.8 Å². The van der Waals surface area contributed by atoms with Crippen molar-refractivity contribution < 1.29 is 23.1 Å². The van der Waals surface area contributed by atoms with E-state index in [2.05, 4.69) is 5.32 Å². The smallest absolute Gasteiger partial charge is 0.332 e. The number of esters is 1. The van der Waals surface area contributed by atoms with Gasteiger partial charge in [-0.2, -0.15) is 0 Å². The number of ether oxygens (including phenoxy) is 1. The lowest BCUT2D eigenvalue weighted by atomic mass is 9.93. The molecule has 4 nitrogen and oxygen atoms in total. The minimum absolute atomic E-state index is 0.0885. The van der Waals surface area contributed by atoms with Crippen LogP contribution in [0.3, 0.4) is 0 Å². The van der Waals surface area contributed by atoms with E-state index in [1.54, 1.807) is 19.1 Å². The Kier molecular flexibility index (Phi) is 6.06. The molecule has 0 radical (unpaired) electrons. The number of amides is 1. The Bertz CT molecular complexity index is 1010. The fourth-order valence-electron chi connectivity index (χ4n) is 3.88. The third-order valence-electron chi connectivity index (χ3n) is 5.29. The summed E-state index contributed by atoms with van der Waals surface area (Å²) in [7, 11) is 0. The van der Waals surface area contributed by atoms with Gasteiger partial charge in [0.15, 0.2) is 0 Å². The normalized spacial score (nSPS) is 14.1. The zero-order chi connectivity index (χ0) is 22.1. The summed E-state index contributed by atoms with van der Waals surface area (Å²) in [5.74, 6) is -2.40. The lowest BCUT2D eigenvalue weighted by molar-refractivity contribution is -0.150. The topological polar surface area (TPSA) is 55.4 Å². The second kappa shape index (κ2) is 8.38. The third-order valence-corrected chi connectivity index (χ3v) is 5.29. The summed E-state index contributed by atoms with van der Waals surface area (Å²) < 4.78 is 33.9. The average molecular weight is 413 g/mol. The van der Waals surface area contributed by atoms with Crippen LogP contribution in [-0.4, -0.2) is 24.0 Å². The number of hydrogen-bond donors (Lipinski definition) is 1. The van der Waals surface area contributed by atoms with E-state index in [0.717, 1.165) is 28.8 Å². The molecule has 1 N–H and O–H groups in total. The zero-order valence-electron chi connectivity index (χ0n) is 17.6. The second-order valence-electron chi connectivity index (χ2n) is 7.85. The Morgan fingerprint density at radius 2 is 1.70 bits per heavy atom. The van der Waals surface area contributed by atoms with E-state index in [4.69, 9.17) is 4.74 Å². The summed E-state index contributed by atoms with van der Waals surface area (Å²) in [5.41, 5.74) is 1.66. The van der Waals surface area contributed by atoms with Crippen molar-refractivity contribution in [3.8, 4) is 0 Å². The van der Waals surface area contributed by atoms with Crippen LogP contribution >= 0.6 is 0 Å². The number of halogens is 2. The van der Waals surface area contributed by atoms with E-state index in [9.17, 15) is 18.4 Å². The lowest BCUT2D eigenvalue weighted by Crippen LogP contribution is -2.56. The van der Waals surface area contributed by atoms with Gasteiger partial charge in [0.05, 0.1) is 6.61 Å². The van der Waals surface area contributed by atoms with Crippen LogP contribution in [0.2, 0.25) is 0 Å². The van der Waals surface area contributed by atoms with Crippen LogP contribution in [0.15, 0.2) is 35.9 Å². The quantitative estimate of drug-likeness (QED) is 0.733. The molecule has 0 heterocycles. The Labute approximate surface area is 174 Å². The molecule has 0 unspecified atom stereocenters. The summed E-state index contributed by atoms with van der Waals surface area (Å²) in [4.78, 5) is 26.1. The third kappa shape index (κ3) is 3.99. The monoisotopic (exact) mass is 413 g/mol. The number of aryl methyl sites for hydroxylation is 1. The number of benzene rings is 2. The predicted octanol–water partition coefficient (Wildman–Crippen LogP) is 4.53. The molecule has 158 valence electrons. The van der Waals surface area contributed by atoms with E-state index < -0.39 is 29.0 Å². The summed E-state index contributed by atoms with van der Waals surface area (Å²) >= 11 is 0. The van der Waals surface area contributed by atoms with E-state index in [1.165, 1.54) is 0 Å². The molecule has 0 atom stereocenters. The van der Waals surface area contributed by atoms with Crippen molar-refractivity contribution in [3.63, 3.8) is 0 Å². The molecular formula is C24H25F2NO3. The van der Waals surface area contributed by atoms with Gasteiger partial charge >= 0.3 is 5.97 Å². The van der Waals surface area contributed by atoms with Crippen molar-refractivity contribution in [3.05, 3.63) is 75.4 Å². The summed E-state index contributed by atoms with van der Waals surface area (Å²) in [6.45, 7) is 7.47. The van der Waals surface area contributed by atoms with Crippen molar-refractivity contribution in [1.82, 2.24) is 5.32 Å². The van der Waals surface area contributed by atoms with Crippen LogP contribution < -0.4 is 5.32 Å². The molecule has 0 saturated heterocycles. The number of carbonyl (C=O) groups is 2. The molecule has 30 heavy (non-hydrogen) atoms. The first-order chi connectivity index (χ1) is 14.2. The molecule has 0 saturated carbocycles. The number of carbonyl (C=O) groups excluding carboxylic acids is 2. The molecule has 0 aliphatic heterocycles. The SMILES string of the molecule is CCOC(=O)C1(NC(=O)c2cccc(C)c2C=C(C)C)Cc2c(F)ccc(F)c2C1. The molecule has 0 fully saturated rings. The zero-order valence-corrected chi connectivity index (χ0v) is 17.6. The number of rotatable bonds is 5. The Morgan fingerprint density at radius 1 is 1.10 bits per heavy atom. The van der Waals surface area contributed by atoms with Crippen LogP contribution in [0.5, 0.6) is 0 Å². The Balaban J connectivity index is 2.03. The molecule has 3 rings (SSSR count). The van der Waals surface area contributed by atoms with Gasteiger partial charge in [-0.15, -0.1) is 0 Å². The molecule has 0 spiro atoms. The highest BCUT2D eigenvalue weighted by molar-refractivity contribution is 6.01. The Morgan fingerprint density at radius 3 is 2.23 bits per heavy atom. The van der Waals surface area contributed by atoms with Crippen molar-refractivity contribution in [2.45, 2.75) is 46.1 Å². The van der Waals surface area contributed by atoms with Crippen molar-refractivity contribution in [2.24, 2.45) is 0 Å². The second-order valence-corrected chi connectivity index (χ2v) is 7.85. The van der Waals surface area contributed by atoms with E-state index >= 15 is 0 Å². The van der Waals surface area contributed by atoms with Crippen molar-refractivity contribution >= 4 is 18.0 Å². The first kappa shape index (κ1) is 21.7. The minimum atomic E-state index is -1.57. The molecule has 2 aromatic rings. The van der Waals surface area contributed by atoms with Crippen LogP contribution in [0, 0.1) is 18.6 Å². The highest BCUT2D eigenvalue weighted by atomic mass is 19.1. The highest BCUT2D eigenvalue weighted by Gasteiger charge is 2.48. The summed E-state index contributed by atoms with van der Waals surface area (Å²) in [6, 6.07) is 7.38. The standard InChI is InChI=1S/C24H25F2NO3/c1-5-30-23(29)24(12-18-19(13-24)21(26)10-9-20(18)25)27-22(28)16-8-6-7-15(4)17(16)11-14(2)3/h6-11H,5,12-13H2,1-4H3,(H,27,28). The lowest BCUT2D eigenvalue weighted by Gasteiger charge is -2.28. The van der Waals surface area contributed by atoms with Crippen molar-refractivity contribution in [1.29, 1.82) is 0 Å². The number of allylic oxidation sites excluding steroid dienone is 1. The fraction of sp³-hybridized carbons (Fsp3) is 0.333. The molecule has 1 aliphatic rings. The van der Waals surface area contributed by atoms with Gasteiger partial charge in [0, 0.05) is 18.4 Å². The van der Waals surface area contributed by atoms with Crippen LogP contribution in [0.1, 0.15) is 53.4 Å². The van der Waals surface area contributed by atoms with Crippen LogP contribution in [0.25, 0.3) is 6.08 Å². The summed E-state index contributed by atoms with van der Waals surface area (Å²) in [6.07, 6.45) is 1.56. The first-order valence-corrected chi connectivity index (χ1v) is 9.88. The first-order valence-electron chi connectivity index (χ1n) is 9.88. The van der Waals surface area contributed by atoms with Gasteiger partial charge in [0.25, 0.3) is 5.91 Å². The maximum Gasteiger partial charge on any atom is 0.332 e.